The van der Waals surface area contributed by atoms with Gasteiger partial charge in [-0.05, 0) is 18.6 Å². The highest BCUT2D eigenvalue weighted by molar-refractivity contribution is 5.73. The molecule has 0 saturated heterocycles. The summed E-state index contributed by atoms with van der Waals surface area (Å²) in [6.45, 7) is 1.97. The average molecular weight is 239 g/mol. The van der Waals surface area contributed by atoms with E-state index in [0.29, 0.717) is 11.5 Å². The summed E-state index contributed by atoms with van der Waals surface area (Å²) in [5.41, 5.74) is 16.0. The lowest BCUT2D eigenvalue weighted by Gasteiger charge is -2.09. The summed E-state index contributed by atoms with van der Waals surface area (Å²) in [6, 6.07) is 5.77. The lowest BCUT2D eigenvalue weighted by molar-refractivity contribution is 1.14. The van der Waals surface area contributed by atoms with Crippen molar-refractivity contribution >= 4 is 17.2 Å². The van der Waals surface area contributed by atoms with Crippen molar-refractivity contribution in [1.82, 2.24) is 14.4 Å². The number of hydrogen-bond donors (Lipinski definition) is 2. The van der Waals surface area contributed by atoms with E-state index < -0.39 is 0 Å². The smallest absolute Gasteiger partial charge is 0.179 e. The van der Waals surface area contributed by atoms with E-state index >= 15 is 0 Å². The van der Waals surface area contributed by atoms with Gasteiger partial charge in [-0.15, -0.1) is 0 Å². The van der Waals surface area contributed by atoms with Crippen molar-refractivity contribution in [3.63, 3.8) is 0 Å². The van der Waals surface area contributed by atoms with E-state index in [4.69, 9.17) is 11.5 Å². The second kappa shape index (κ2) is 3.73. The first-order valence-corrected chi connectivity index (χ1v) is 5.61. The Morgan fingerprint density at radius 1 is 1.22 bits per heavy atom. The molecule has 3 aromatic rings. The standard InChI is InChI=1S/C13H13N5/c1-8-9(3-2-4-10(8)14)11-7-18-6-5-16-13(18)12(15)17-11/h2-7H,14H2,1H3,(H2,15,17). The Bertz CT molecular complexity index is 729. The molecule has 0 unspecified atom stereocenters. The van der Waals surface area contributed by atoms with Gasteiger partial charge < -0.3 is 15.9 Å². The van der Waals surface area contributed by atoms with Gasteiger partial charge in [-0.1, -0.05) is 12.1 Å². The van der Waals surface area contributed by atoms with Crippen molar-refractivity contribution in [3.05, 3.63) is 42.4 Å². The summed E-state index contributed by atoms with van der Waals surface area (Å²) >= 11 is 0. The fourth-order valence-electron chi connectivity index (χ4n) is 2.02. The molecular weight excluding hydrogens is 226 g/mol. The first-order valence-electron chi connectivity index (χ1n) is 5.61. The molecule has 0 amide bonds. The van der Waals surface area contributed by atoms with Gasteiger partial charge in [0.25, 0.3) is 0 Å². The van der Waals surface area contributed by atoms with Crippen molar-refractivity contribution in [1.29, 1.82) is 0 Å². The van der Waals surface area contributed by atoms with Crippen molar-refractivity contribution in [2.45, 2.75) is 6.92 Å². The van der Waals surface area contributed by atoms with E-state index in [1.54, 1.807) is 6.20 Å². The Hall–Kier alpha value is -2.56. The average Bonchev–Trinajstić information content (AvgIpc) is 2.81. The van der Waals surface area contributed by atoms with Crippen LogP contribution in [0.25, 0.3) is 16.9 Å². The van der Waals surface area contributed by atoms with Crippen molar-refractivity contribution in [3.8, 4) is 11.3 Å². The van der Waals surface area contributed by atoms with Gasteiger partial charge in [-0.2, -0.15) is 0 Å². The van der Waals surface area contributed by atoms with E-state index in [1.165, 1.54) is 0 Å². The minimum Gasteiger partial charge on any atom is -0.398 e. The Morgan fingerprint density at radius 2 is 2.06 bits per heavy atom. The molecule has 5 heteroatoms. The summed E-state index contributed by atoms with van der Waals surface area (Å²) in [4.78, 5) is 8.53. The predicted octanol–water partition coefficient (Wildman–Crippen LogP) is 1.87. The van der Waals surface area contributed by atoms with Crippen molar-refractivity contribution < 1.29 is 0 Å². The van der Waals surface area contributed by atoms with Crippen molar-refractivity contribution in [2.24, 2.45) is 0 Å². The van der Waals surface area contributed by atoms with Crippen LogP contribution in [0.5, 0.6) is 0 Å². The number of nitrogens with two attached hydrogens (primary N) is 2. The largest absolute Gasteiger partial charge is 0.398 e. The number of benzene rings is 1. The second-order valence-electron chi connectivity index (χ2n) is 4.19. The first-order chi connectivity index (χ1) is 8.66. The van der Waals surface area contributed by atoms with E-state index in [9.17, 15) is 0 Å². The van der Waals surface area contributed by atoms with Gasteiger partial charge in [0, 0.05) is 29.8 Å². The molecule has 1 aromatic carbocycles. The van der Waals surface area contributed by atoms with E-state index in [1.807, 2.05) is 41.9 Å². The zero-order valence-corrected chi connectivity index (χ0v) is 9.96. The van der Waals surface area contributed by atoms with Gasteiger partial charge in [0.1, 0.15) is 0 Å². The fraction of sp³-hybridized carbons (Fsp3) is 0.0769. The van der Waals surface area contributed by atoms with Crippen LogP contribution in [0.1, 0.15) is 5.56 Å². The molecule has 2 heterocycles. The van der Waals surface area contributed by atoms with Crippen LogP contribution >= 0.6 is 0 Å². The number of nitrogen functional groups attached to an aromatic ring is 2. The number of hydrogen-bond acceptors (Lipinski definition) is 4. The molecule has 4 N–H and O–H groups in total. The van der Waals surface area contributed by atoms with Crippen LogP contribution < -0.4 is 11.5 Å². The van der Waals surface area contributed by atoms with Gasteiger partial charge in [-0.3, -0.25) is 0 Å². The minimum atomic E-state index is 0.416. The van der Waals surface area contributed by atoms with Crippen LogP contribution in [0, 0.1) is 6.92 Å². The van der Waals surface area contributed by atoms with E-state index in [0.717, 1.165) is 22.5 Å². The maximum atomic E-state index is 5.91. The van der Waals surface area contributed by atoms with E-state index in [2.05, 4.69) is 9.97 Å². The molecule has 2 aromatic heterocycles. The van der Waals surface area contributed by atoms with Crippen LogP contribution in [0.15, 0.2) is 36.8 Å². The molecule has 18 heavy (non-hydrogen) atoms. The molecule has 0 fully saturated rings. The molecule has 0 spiro atoms. The number of nitrogens with zero attached hydrogens (tertiary/aromatic N) is 3. The quantitative estimate of drug-likeness (QED) is 0.635. The molecule has 0 saturated carbocycles. The monoisotopic (exact) mass is 239 g/mol. The number of rotatable bonds is 1. The predicted molar refractivity (Wildman–Crippen MR) is 72.0 cm³/mol. The number of imidazole rings is 1. The molecule has 5 nitrogen and oxygen atoms in total. The first kappa shape index (κ1) is 10.6. The number of aromatic nitrogens is 3. The highest BCUT2D eigenvalue weighted by atomic mass is 15.0. The van der Waals surface area contributed by atoms with Crippen molar-refractivity contribution in [2.75, 3.05) is 11.5 Å². The zero-order valence-electron chi connectivity index (χ0n) is 9.96. The zero-order chi connectivity index (χ0) is 12.7. The Morgan fingerprint density at radius 3 is 2.89 bits per heavy atom. The molecule has 0 atom stereocenters. The third-order valence-electron chi connectivity index (χ3n) is 3.05. The topological polar surface area (TPSA) is 82.2 Å². The molecule has 0 aliphatic heterocycles. The summed E-state index contributed by atoms with van der Waals surface area (Å²) in [6.07, 6.45) is 5.45. The minimum absolute atomic E-state index is 0.416. The third kappa shape index (κ3) is 1.48. The second-order valence-corrected chi connectivity index (χ2v) is 4.19. The SMILES string of the molecule is Cc1c(N)cccc1-c1cn2ccnc2c(N)n1. The van der Waals surface area contributed by atoms with Crippen LogP contribution in [-0.2, 0) is 0 Å². The van der Waals surface area contributed by atoms with Gasteiger partial charge in [0.05, 0.1) is 5.69 Å². The highest BCUT2D eigenvalue weighted by Crippen LogP contribution is 2.26. The normalized spacial score (nSPS) is 10.9. The summed E-state index contributed by atoms with van der Waals surface area (Å²) in [5.74, 6) is 0.416. The van der Waals surface area contributed by atoms with Crippen LogP contribution in [0.2, 0.25) is 0 Å². The summed E-state index contributed by atoms with van der Waals surface area (Å²) in [5, 5.41) is 0. The number of fused-ring (bicyclic) bond motifs is 1. The van der Waals surface area contributed by atoms with Crippen LogP contribution in [0.3, 0.4) is 0 Å². The van der Waals surface area contributed by atoms with Crippen LogP contribution in [0.4, 0.5) is 11.5 Å². The lowest BCUT2D eigenvalue weighted by atomic mass is 10.0. The molecule has 0 aliphatic rings. The molecule has 3 rings (SSSR count). The number of anilines is 2. The molecule has 0 bridgehead atoms. The lowest BCUT2D eigenvalue weighted by Crippen LogP contribution is -2.00. The van der Waals surface area contributed by atoms with Crippen LogP contribution in [-0.4, -0.2) is 14.4 Å². The van der Waals surface area contributed by atoms with E-state index in [-0.39, 0.29) is 0 Å². The van der Waals surface area contributed by atoms with Gasteiger partial charge >= 0.3 is 0 Å². The molecular formula is C13H13N5. The Kier molecular flexibility index (Phi) is 2.19. The fourth-order valence-corrected chi connectivity index (χ4v) is 2.02. The maximum absolute atomic E-state index is 5.91. The van der Waals surface area contributed by atoms with Gasteiger partial charge in [-0.25, -0.2) is 9.97 Å². The highest BCUT2D eigenvalue weighted by Gasteiger charge is 2.09. The third-order valence-corrected chi connectivity index (χ3v) is 3.05. The maximum Gasteiger partial charge on any atom is 0.179 e. The molecule has 0 aliphatic carbocycles. The van der Waals surface area contributed by atoms with Gasteiger partial charge in [0.2, 0.25) is 0 Å². The molecule has 90 valence electrons. The molecule has 0 radical (unpaired) electrons. The Labute approximate surface area is 104 Å². The Balaban J connectivity index is 2.28. The summed E-state index contributed by atoms with van der Waals surface area (Å²) < 4.78 is 1.86. The van der Waals surface area contributed by atoms with Gasteiger partial charge in [0.15, 0.2) is 11.5 Å². The summed E-state index contributed by atoms with van der Waals surface area (Å²) in [7, 11) is 0.